The van der Waals surface area contributed by atoms with Crippen LogP contribution in [0.25, 0.3) is 6.08 Å². The number of amides is 1. The van der Waals surface area contributed by atoms with Gasteiger partial charge in [0.25, 0.3) is 5.91 Å². The van der Waals surface area contributed by atoms with Crippen LogP contribution >= 0.6 is 0 Å². The molecule has 0 spiro atoms. The minimum atomic E-state index is -0.417. The Morgan fingerprint density at radius 2 is 1.88 bits per heavy atom. The standard InChI is InChI=1S/C20H20N2O2/c1-13-5-6-14(2)18(9-13)22-20(23)17(12-21)11-16-7-8-19(24-4)15(3)10-16/h5-11H,1-4H3,(H,22,23)/b17-11+. The van der Waals surface area contributed by atoms with E-state index in [0.29, 0.717) is 5.69 Å². The minimum absolute atomic E-state index is 0.0560. The van der Waals surface area contributed by atoms with Crippen LogP contribution in [0.4, 0.5) is 5.69 Å². The lowest BCUT2D eigenvalue weighted by Gasteiger charge is -2.09. The van der Waals surface area contributed by atoms with Crippen LogP contribution in [0.15, 0.2) is 42.0 Å². The van der Waals surface area contributed by atoms with E-state index >= 15 is 0 Å². The number of carbonyl (C=O) groups is 1. The monoisotopic (exact) mass is 320 g/mol. The second kappa shape index (κ2) is 7.47. The number of nitrogens with zero attached hydrogens (tertiary/aromatic N) is 1. The smallest absolute Gasteiger partial charge is 0.266 e. The van der Waals surface area contributed by atoms with Crippen LogP contribution in [0.5, 0.6) is 5.75 Å². The molecule has 2 aromatic carbocycles. The first kappa shape index (κ1) is 17.3. The summed E-state index contributed by atoms with van der Waals surface area (Å²) in [6.45, 7) is 5.78. The van der Waals surface area contributed by atoms with Gasteiger partial charge in [-0.3, -0.25) is 4.79 Å². The Bertz CT molecular complexity index is 845. The van der Waals surface area contributed by atoms with Gasteiger partial charge in [0.2, 0.25) is 0 Å². The predicted molar refractivity (Wildman–Crippen MR) is 95.9 cm³/mol. The molecule has 0 radical (unpaired) electrons. The first-order valence-corrected chi connectivity index (χ1v) is 7.59. The Kier molecular flexibility index (Phi) is 5.39. The normalized spacial score (nSPS) is 10.9. The highest BCUT2D eigenvalue weighted by molar-refractivity contribution is 6.10. The molecule has 4 heteroatoms. The third kappa shape index (κ3) is 4.02. The zero-order valence-corrected chi connectivity index (χ0v) is 14.3. The number of nitriles is 1. The molecule has 0 saturated carbocycles. The lowest BCUT2D eigenvalue weighted by molar-refractivity contribution is -0.112. The van der Waals surface area contributed by atoms with E-state index in [1.807, 2.05) is 63.2 Å². The highest BCUT2D eigenvalue weighted by Gasteiger charge is 2.11. The number of benzene rings is 2. The molecule has 0 aliphatic rings. The second-order valence-electron chi connectivity index (χ2n) is 5.67. The van der Waals surface area contributed by atoms with Crippen molar-refractivity contribution in [1.82, 2.24) is 0 Å². The molecule has 0 aliphatic carbocycles. The number of hydrogen-bond acceptors (Lipinski definition) is 3. The van der Waals surface area contributed by atoms with Crippen LogP contribution in [0, 0.1) is 32.1 Å². The summed E-state index contributed by atoms with van der Waals surface area (Å²) >= 11 is 0. The van der Waals surface area contributed by atoms with Gasteiger partial charge in [-0.1, -0.05) is 18.2 Å². The summed E-state index contributed by atoms with van der Waals surface area (Å²) in [7, 11) is 1.61. The van der Waals surface area contributed by atoms with Crippen molar-refractivity contribution in [1.29, 1.82) is 5.26 Å². The van der Waals surface area contributed by atoms with Crippen molar-refractivity contribution in [3.05, 3.63) is 64.2 Å². The average molecular weight is 320 g/mol. The van der Waals surface area contributed by atoms with Crippen molar-refractivity contribution in [2.24, 2.45) is 0 Å². The maximum absolute atomic E-state index is 12.4. The summed E-state index contributed by atoms with van der Waals surface area (Å²) in [5.41, 5.74) is 4.49. The second-order valence-corrected chi connectivity index (χ2v) is 5.67. The number of anilines is 1. The Hall–Kier alpha value is -3.06. The predicted octanol–water partition coefficient (Wildman–Crippen LogP) is 4.17. The van der Waals surface area contributed by atoms with Gasteiger partial charge in [0.15, 0.2) is 0 Å². The van der Waals surface area contributed by atoms with Gasteiger partial charge in [0.05, 0.1) is 7.11 Å². The average Bonchev–Trinajstić information content (AvgIpc) is 2.56. The molecule has 1 N–H and O–H groups in total. The molecule has 2 aromatic rings. The minimum Gasteiger partial charge on any atom is -0.496 e. The molecule has 0 heterocycles. The summed E-state index contributed by atoms with van der Waals surface area (Å²) in [6.07, 6.45) is 1.58. The number of aryl methyl sites for hydroxylation is 3. The molecule has 0 atom stereocenters. The fourth-order valence-corrected chi connectivity index (χ4v) is 2.37. The zero-order chi connectivity index (χ0) is 17.7. The molecule has 0 aliphatic heterocycles. The molecule has 122 valence electrons. The Balaban J connectivity index is 2.27. The maximum atomic E-state index is 12.4. The molecule has 0 bridgehead atoms. The van der Waals surface area contributed by atoms with Crippen LogP contribution in [-0.4, -0.2) is 13.0 Å². The van der Waals surface area contributed by atoms with Gasteiger partial charge >= 0.3 is 0 Å². The molecule has 1 amide bonds. The highest BCUT2D eigenvalue weighted by atomic mass is 16.5. The highest BCUT2D eigenvalue weighted by Crippen LogP contribution is 2.21. The molecule has 0 saturated heterocycles. The van der Waals surface area contributed by atoms with Crippen molar-refractivity contribution in [2.45, 2.75) is 20.8 Å². The summed E-state index contributed by atoms with van der Waals surface area (Å²) < 4.78 is 5.22. The lowest BCUT2D eigenvalue weighted by Crippen LogP contribution is -2.14. The van der Waals surface area contributed by atoms with Gasteiger partial charge in [-0.2, -0.15) is 5.26 Å². The van der Waals surface area contributed by atoms with Gasteiger partial charge in [-0.25, -0.2) is 0 Å². The molecular weight excluding hydrogens is 300 g/mol. The Labute approximate surface area is 142 Å². The van der Waals surface area contributed by atoms with E-state index in [1.54, 1.807) is 13.2 Å². The third-order valence-corrected chi connectivity index (χ3v) is 3.74. The topological polar surface area (TPSA) is 62.1 Å². The first-order valence-electron chi connectivity index (χ1n) is 7.59. The lowest BCUT2D eigenvalue weighted by atomic mass is 10.1. The van der Waals surface area contributed by atoms with E-state index < -0.39 is 5.91 Å². The van der Waals surface area contributed by atoms with Crippen LogP contribution in [0.3, 0.4) is 0 Å². The number of rotatable bonds is 4. The molecular formula is C20H20N2O2. The Morgan fingerprint density at radius 3 is 2.50 bits per heavy atom. The third-order valence-electron chi connectivity index (χ3n) is 3.74. The largest absolute Gasteiger partial charge is 0.496 e. The summed E-state index contributed by atoms with van der Waals surface area (Å²) in [4.78, 5) is 12.4. The van der Waals surface area contributed by atoms with Crippen molar-refractivity contribution < 1.29 is 9.53 Å². The SMILES string of the molecule is COc1ccc(/C=C(\C#N)C(=O)Nc2cc(C)ccc2C)cc1C. The fourth-order valence-electron chi connectivity index (χ4n) is 2.37. The van der Waals surface area contributed by atoms with Gasteiger partial charge in [-0.15, -0.1) is 0 Å². The molecule has 2 rings (SSSR count). The number of methoxy groups -OCH3 is 1. The van der Waals surface area contributed by atoms with Crippen molar-refractivity contribution in [3.63, 3.8) is 0 Å². The first-order chi connectivity index (χ1) is 11.4. The van der Waals surface area contributed by atoms with Crippen molar-refractivity contribution in [2.75, 3.05) is 12.4 Å². The van der Waals surface area contributed by atoms with E-state index in [9.17, 15) is 10.1 Å². The summed E-state index contributed by atoms with van der Waals surface area (Å²) in [5.74, 6) is 0.352. The van der Waals surface area contributed by atoms with E-state index in [2.05, 4.69) is 5.32 Å². The van der Waals surface area contributed by atoms with Gasteiger partial charge in [0, 0.05) is 5.69 Å². The number of carbonyl (C=O) groups excluding carboxylic acids is 1. The van der Waals surface area contributed by atoms with Crippen LogP contribution in [0.1, 0.15) is 22.3 Å². The van der Waals surface area contributed by atoms with Crippen LogP contribution in [-0.2, 0) is 4.79 Å². The number of hydrogen-bond donors (Lipinski definition) is 1. The fraction of sp³-hybridized carbons (Fsp3) is 0.200. The molecule has 0 unspecified atom stereocenters. The molecule has 4 nitrogen and oxygen atoms in total. The zero-order valence-electron chi connectivity index (χ0n) is 14.3. The maximum Gasteiger partial charge on any atom is 0.266 e. The van der Waals surface area contributed by atoms with E-state index in [-0.39, 0.29) is 5.57 Å². The van der Waals surface area contributed by atoms with Crippen molar-refractivity contribution >= 4 is 17.7 Å². The quantitative estimate of drug-likeness (QED) is 0.679. The van der Waals surface area contributed by atoms with E-state index in [1.165, 1.54) is 0 Å². The molecule has 24 heavy (non-hydrogen) atoms. The van der Waals surface area contributed by atoms with E-state index in [0.717, 1.165) is 28.0 Å². The van der Waals surface area contributed by atoms with Gasteiger partial charge < -0.3 is 10.1 Å². The van der Waals surface area contributed by atoms with Crippen LogP contribution < -0.4 is 10.1 Å². The van der Waals surface area contributed by atoms with Crippen molar-refractivity contribution in [3.8, 4) is 11.8 Å². The number of ether oxygens (including phenoxy) is 1. The van der Waals surface area contributed by atoms with Crippen LogP contribution in [0.2, 0.25) is 0 Å². The molecule has 0 aromatic heterocycles. The van der Waals surface area contributed by atoms with Gasteiger partial charge in [-0.05, 0) is 67.3 Å². The summed E-state index contributed by atoms with van der Waals surface area (Å²) in [5, 5.41) is 12.1. The van der Waals surface area contributed by atoms with Gasteiger partial charge in [0.1, 0.15) is 17.4 Å². The Morgan fingerprint density at radius 1 is 1.12 bits per heavy atom. The summed E-state index contributed by atoms with van der Waals surface area (Å²) in [6, 6.07) is 13.3. The molecule has 0 fully saturated rings. The number of nitrogens with one attached hydrogen (secondary N) is 1. The van der Waals surface area contributed by atoms with E-state index in [4.69, 9.17) is 4.74 Å².